The highest BCUT2D eigenvalue weighted by Gasteiger charge is 2.17. The van der Waals surface area contributed by atoms with Crippen molar-refractivity contribution < 1.29 is 19.4 Å². The molecule has 1 N–H and O–H groups in total. The van der Waals surface area contributed by atoms with E-state index in [0.717, 1.165) is 5.56 Å². The molecule has 0 fully saturated rings. The number of ether oxygens (including phenoxy) is 2. The SMILES string of the molecule is N#CCOc1ccc(COC(=O)c2ccc(Cl)c(Cl)c2O)cc1. The molecule has 5 nitrogen and oxygen atoms in total. The number of carbonyl (C=O) groups excluding carboxylic acids is 1. The van der Waals surface area contributed by atoms with Gasteiger partial charge in [-0.2, -0.15) is 5.26 Å². The minimum atomic E-state index is -0.717. The van der Waals surface area contributed by atoms with Crippen LogP contribution in [0.15, 0.2) is 36.4 Å². The van der Waals surface area contributed by atoms with Crippen molar-refractivity contribution in [1.29, 1.82) is 5.26 Å². The van der Waals surface area contributed by atoms with Crippen molar-refractivity contribution in [3.05, 3.63) is 57.6 Å². The molecule has 0 spiro atoms. The molecule has 23 heavy (non-hydrogen) atoms. The van der Waals surface area contributed by atoms with Gasteiger partial charge in [0.15, 0.2) is 6.61 Å². The Hall–Kier alpha value is -2.42. The molecule has 0 saturated heterocycles. The molecule has 2 aromatic carbocycles. The normalized spacial score (nSPS) is 9.96. The zero-order valence-corrected chi connectivity index (χ0v) is 13.3. The second kappa shape index (κ2) is 7.73. The van der Waals surface area contributed by atoms with Crippen molar-refractivity contribution in [2.24, 2.45) is 0 Å². The van der Waals surface area contributed by atoms with Gasteiger partial charge in [0.1, 0.15) is 34.8 Å². The van der Waals surface area contributed by atoms with Gasteiger partial charge in [-0.1, -0.05) is 35.3 Å². The number of benzene rings is 2. The Morgan fingerprint density at radius 3 is 2.52 bits per heavy atom. The Labute approximate surface area is 142 Å². The highest BCUT2D eigenvalue weighted by molar-refractivity contribution is 6.43. The minimum absolute atomic E-state index is 0.0110. The van der Waals surface area contributed by atoms with Crippen LogP contribution in [0.25, 0.3) is 0 Å². The summed E-state index contributed by atoms with van der Waals surface area (Å²) in [4.78, 5) is 12.0. The number of hydrogen-bond acceptors (Lipinski definition) is 5. The van der Waals surface area contributed by atoms with E-state index in [0.29, 0.717) is 5.75 Å². The maximum atomic E-state index is 12.0. The van der Waals surface area contributed by atoms with Crippen LogP contribution in [0.5, 0.6) is 11.5 Å². The van der Waals surface area contributed by atoms with Crippen molar-refractivity contribution in [2.45, 2.75) is 6.61 Å². The highest BCUT2D eigenvalue weighted by atomic mass is 35.5. The van der Waals surface area contributed by atoms with Gasteiger partial charge in [0.25, 0.3) is 0 Å². The predicted molar refractivity (Wildman–Crippen MR) is 84.8 cm³/mol. The third kappa shape index (κ3) is 4.28. The third-order valence-corrected chi connectivity index (χ3v) is 3.68. The lowest BCUT2D eigenvalue weighted by Crippen LogP contribution is -2.06. The first-order chi connectivity index (χ1) is 11.0. The van der Waals surface area contributed by atoms with Crippen molar-refractivity contribution >= 4 is 29.2 Å². The summed E-state index contributed by atoms with van der Waals surface area (Å²) in [5.74, 6) is -0.584. The lowest BCUT2D eigenvalue weighted by molar-refractivity contribution is 0.0469. The molecular weight excluding hydrogens is 341 g/mol. The standard InChI is InChI=1S/C16H11Cl2NO4/c17-13-6-5-12(15(20)14(13)18)16(21)23-9-10-1-3-11(4-2-10)22-8-7-19/h1-6,20H,8-9H2. The molecule has 0 radical (unpaired) electrons. The van der Waals surface area contributed by atoms with Crippen LogP contribution in [0.3, 0.4) is 0 Å². The van der Waals surface area contributed by atoms with Crippen LogP contribution in [-0.4, -0.2) is 17.7 Å². The Morgan fingerprint density at radius 1 is 1.17 bits per heavy atom. The number of phenols is 1. The molecular formula is C16H11Cl2NO4. The fourth-order valence-corrected chi connectivity index (χ4v) is 2.05. The number of carbonyl (C=O) groups is 1. The molecule has 0 heterocycles. The number of halogens is 2. The van der Waals surface area contributed by atoms with Crippen LogP contribution in [0.1, 0.15) is 15.9 Å². The van der Waals surface area contributed by atoms with Crippen LogP contribution >= 0.6 is 23.2 Å². The van der Waals surface area contributed by atoms with Crippen molar-refractivity contribution in [3.63, 3.8) is 0 Å². The van der Waals surface area contributed by atoms with Crippen LogP contribution in [0, 0.1) is 11.3 Å². The molecule has 0 amide bonds. The summed E-state index contributed by atoms with van der Waals surface area (Å²) in [6, 6.07) is 11.3. The van der Waals surface area contributed by atoms with Crippen molar-refractivity contribution in [3.8, 4) is 17.6 Å². The zero-order chi connectivity index (χ0) is 16.8. The van der Waals surface area contributed by atoms with E-state index in [1.807, 2.05) is 6.07 Å². The summed E-state index contributed by atoms with van der Waals surface area (Å²) in [6.07, 6.45) is 0. The largest absolute Gasteiger partial charge is 0.505 e. The van der Waals surface area contributed by atoms with Crippen LogP contribution in [0.4, 0.5) is 0 Å². The molecule has 0 aromatic heterocycles. The summed E-state index contributed by atoms with van der Waals surface area (Å²) < 4.78 is 10.2. The maximum Gasteiger partial charge on any atom is 0.342 e. The quantitative estimate of drug-likeness (QED) is 0.824. The molecule has 2 aromatic rings. The van der Waals surface area contributed by atoms with E-state index in [-0.39, 0.29) is 28.8 Å². The number of esters is 1. The average molecular weight is 352 g/mol. The Balaban J connectivity index is 1.99. The third-order valence-electron chi connectivity index (χ3n) is 2.89. The molecule has 118 valence electrons. The van der Waals surface area contributed by atoms with Gasteiger partial charge in [0.2, 0.25) is 0 Å². The number of nitrogens with zero attached hydrogens (tertiary/aromatic N) is 1. The van der Waals surface area contributed by atoms with E-state index in [1.165, 1.54) is 12.1 Å². The lowest BCUT2D eigenvalue weighted by Gasteiger charge is -2.09. The van der Waals surface area contributed by atoms with Crippen molar-refractivity contribution in [2.75, 3.05) is 6.61 Å². The van der Waals surface area contributed by atoms with Gasteiger partial charge in [-0.3, -0.25) is 0 Å². The molecule has 2 rings (SSSR count). The van der Waals surface area contributed by atoms with Crippen LogP contribution in [0.2, 0.25) is 10.0 Å². The Morgan fingerprint density at radius 2 is 1.87 bits per heavy atom. The van der Waals surface area contributed by atoms with Gasteiger partial charge in [-0.15, -0.1) is 0 Å². The molecule has 0 saturated carbocycles. The van der Waals surface area contributed by atoms with E-state index in [1.54, 1.807) is 24.3 Å². The maximum absolute atomic E-state index is 12.0. The van der Waals surface area contributed by atoms with Crippen molar-refractivity contribution in [1.82, 2.24) is 0 Å². The minimum Gasteiger partial charge on any atom is -0.505 e. The second-order valence-corrected chi connectivity index (χ2v) is 5.21. The van der Waals surface area contributed by atoms with Gasteiger partial charge >= 0.3 is 5.97 Å². The number of nitriles is 1. The molecule has 0 unspecified atom stereocenters. The topological polar surface area (TPSA) is 79.5 Å². The molecule has 7 heteroatoms. The van der Waals surface area contributed by atoms with Crippen LogP contribution in [-0.2, 0) is 11.3 Å². The summed E-state index contributed by atoms with van der Waals surface area (Å²) >= 11 is 11.5. The van der Waals surface area contributed by atoms with E-state index in [4.69, 9.17) is 37.9 Å². The summed E-state index contributed by atoms with van der Waals surface area (Å²) in [5.41, 5.74) is 0.663. The zero-order valence-electron chi connectivity index (χ0n) is 11.8. The molecule has 0 aliphatic heterocycles. The summed E-state index contributed by atoms with van der Waals surface area (Å²) in [6.45, 7) is -0.0258. The average Bonchev–Trinajstić information content (AvgIpc) is 2.57. The first-order valence-electron chi connectivity index (χ1n) is 6.45. The second-order valence-electron chi connectivity index (χ2n) is 4.42. The number of aromatic hydroxyl groups is 1. The van der Waals surface area contributed by atoms with E-state index >= 15 is 0 Å². The number of phenolic OH excluding ortho intramolecular Hbond substituents is 1. The molecule has 0 aliphatic rings. The van der Waals surface area contributed by atoms with E-state index < -0.39 is 11.7 Å². The molecule has 0 aliphatic carbocycles. The first kappa shape index (κ1) is 16.9. The summed E-state index contributed by atoms with van der Waals surface area (Å²) in [5, 5.41) is 18.3. The highest BCUT2D eigenvalue weighted by Crippen LogP contribution is 2.34. The summed E-state index contributed by atoms with van der Waals surface area (Å²) in [7, 11) is 0. The Bertz CT molecular complexity index is 754. The Kier molecular flexibility index (Phi) is 5.69. The lowest BCUT2D eigenvalue weighted by atomic mass is 10.2. The smallest absolute Gasteiger partial charge is 0.342 e. The number of hydrogen-bond donors (Lipinski definition) is 1. The molecule has 0 atom stereocenters. The van der Waals surface area contributed by atoms with Gasteiger partial charge in [0, 0.05) is 0 Å². The van der Waals surface area contributed by atoms with Gasteiger partial charge < -0.3 is 14.6 Å². The fraction of sp³-hybridized carbons (Fsp3) is 0.125. The fourth-order valence-electron chi connectivity index (χ4n) is 1.73. The first-order valence-corrected chi connectivity index (χ1v) is 7.21. The monoisotopic (exact) mass is 351 g/mol. The number of rotatable bonds is 5. The van der Waals surface area contributed by atoms with E-state index in [2.05, 4.69) is 0 Å². The van der Waals surface area contributed by atoms with Crippen LogP contribution < -0.4 is 4.74 Å². The van der Waals surface area contributed by atoms with Gasteiger partial charge in [-0.25, -0.2) is 4.79 Å². The predicted octanol–water partition coefficient (Wildman–Crippen LogP) is 3.96. The van der Waals surface area contributed by atoms with E-state index in [9.17, 15) is 9.90 Å². The molecule has 0 bridgehead atoms. The van der Waals surface area contributed by atoms with Gasteiger partial charge in [0.05, 0.1) is 5.02 Å². The van der Waals surface area contributed by atoms with Gasteiger partial charge in [-0.05, 0) is 29.8 Å².